The summed E-state index contributed by atoms with van der Waals surface area (Å²) in [5.74, 6) is 0.00168. The first-order valence-electron chi connectivity index (χ1n) is 5.91. The van der Waals surface area contributed by atoms with E-state index in [-0.39, 0.29) is 5.84 Å². The Morgan fingerprint density at radius 1 is 1.28 bits per heavy atom. The zero-order valence-corrected chi connectivity index (χ0v) is 12.0. The minimum atomic E-state index is 0.00168. The van der Waals surface area contributed by atoms with Crippen LogP contribution >= 0.6 is 11.6 Å². The van der Waals surface area contributed by atoms with Crippen molar-refractivity contribution >= 4 is 23.1 Å². The molecule has 0 amide bonds. The topological polar surface area (TPSA) is 56.4 Å². The van der Waals surface area contributed by atoms with Gasteiger partial charge in [0.15, 0.2) is 0 Å². The van der Waals surface area contributed by atoms with Crippen LogP contribution in [0.1, 0.15) is 12.0 Å². The van der Waals surface area contributed by atoms with Crippen LogP contribution in [0.4, 0.5) is 5.69 Å². The molecule has 3 N–H and O–H groups in total. The maximum atomic E-state index is 7.39. The lowest BCUT2D eigenvalue weighted by Crippen LogP contribution is -2.23. The van der Waals surface area contributed by atoms with E-state index in [4.69, 9.17) is 22.7 Å². The van der Waals surface area contributed by atoms with Crippen molar-refractivity contribution in [2.24, 2.45) is 5.73 Å². The highest BCUT2D eigenvalue weighted by atomic mass is 35.5. The van der Waals surface area contributed by atoms with E-state index in [1.165, 1.54) is 0 Å². The van der Waals surface area contributed by atoms with Gasteiger partial charge >= 0.3 is 0 Å². The summed E-state index contributed by atoms with van der Waals surface area (Å²) in [5.41, 5.74) is 7.06. The predicted octanol–water partition coefficient (Wildman–Crippen LogP) is 2.01. The molecule has 0 unspecified atom stereocenters. The molecule has 0 aliphatic rings. The molecule has 4 nitrogen and oxygen atoms in total. The van der Waals surface area contributed by atoms with Gasteiger partial charge in [0.2, 0.25) is 0 Å². The first-order chi connectivity index (χ1) is 8.41. The number of hydrogen-bond acceptors (Lipinski definition) is 3. The number of nitrogens with two attached hydrogens (primary N) is 1. The van der Waals surface area contributed by atoms with Crippen molar-refractivity contribution in [3.63, 3.8) is 0 Å². The minimum Gasteiger partial charge on any atom is -0.384 e. The van der Waals surface area contributed by atoms with Crippen molar-refractivity contribution < 1.29 is 0 Å². The summed E-state index contributed by atoms with van der Waals surface area (Å²) in [6, 6.07) is 5.59. The molecule has 0 aromatic heterocycles. The molecule has 0 heterocycles. The van der Waals surface area contributed by atoms with Gasteiger partial charge in [0.1, 0.15) is 5.84 Å². The van der Waals surface area contributed by atoms with Gasteiger partial charge in [-0.15, -0.1) is 0 Å². The fraction of sp³-hybridized carbons (Fsp3) is 0.462. The van der Waals surface area contributed by atoms with Crippen LogP contribution < -0.4 is 10.6 Å². The average molecular weight is 269 g/mol. The van der Waals surface area contributed by atoms with Crippen molar-refractivity contribution in [3.8, 4) is 0 Å². The zero-order valence-electron chi connectivity index (χ0n) is 11.2. The third-order valence-corrected chi connectivity index (χ3v) is 3.10. The highest BCUT2D eigenvalue weighted by Gasteiger charge is 2.07. The van der Waals surface area contributed by atoms with Crippen LogP contribution in [-0.2, 0) is 0 Å². The summed E-state index contributed by atoms with van der Waals surface area (Å²) in [5, 5.41) is 7.91. The fourth-order valence-electron chi connectivity index (χ4n) is 1.71. The van der Waals surface area contributed by atoms with E-state index >= 15 is 0 Å². The smallest absolute Gasteiger partial charge is 0.124 e. The third kappa shape index (κ3) is 4.20. The second-order valence-corrected chi connectivity index (χ2v) is 5.06. The molecular weight excluding hydrogens is 248 g/mol. The number of halogens is 1. The molecule has 0 bridgehead atoms. The van der Waals surface area contributed by atoms with Gasteiger partial charge in [0, 0.05) is 24.8 Å². The first-order valence-corrected chi connectivity index (χ1v) is 6.29. The number of nitrogen functional groups attached to an aromatic ring is 1. The number of hydrogen-bond donors (Lipinski definition) is 2. The molecule has 1 aromatic carbocycles. The quantitative estimate of drug-likeness (QED) is 0.613. The summed E-state index contributed by atoms with van der Waals surface area (Å²) >= 11 is 6.10. The Kier molecular flexibility index (Phi) is 5.44. The van der Waals surface area contributed by atoms with Gasteiger partial charge in [0.25, 0.3) is 0 Å². The van der Waals surface area contributed by atoms with E-state index in [0.717, 1.165) is 25.2 Å². The number of benzene rings is 1. The highest BCUT2D eigenvalue weighted by molar-refractivity contribution is 6.34. The van der Waals surface area contributed by atoms with Gasteiger partial charge in [-0.2, -0.15) is 0 Å². The van der Waals surface area contributed by atoms with E-state index in [1.54, 1.807) is 6.07 Å². The van der Waals surface area contributed by atoms with Crippen molar-refractivity contribution in [2.45, 2.75) is 6.42 Å². The van der Waals surface area contributed by atoms with E-state index in [2.05, 4.69) is 23.9 Å². The van der Waals surface area contributed by atoms with E-state index in [1.807, 2.05) is 19.2 Å². The lowest BCUT2D eigenvalue weighted by Gasteiger charge is -2.21. The summed E-state index contributed by atoms with van der Waals surface area (Å²) in [7, 11) is 6.17. The average Bonchev–Trinajstić information content (AvgIpc) is 2.27. The summed E-state index contributed by atoms with van der Waals surface area (Å²) < 4.78 is 0. The normalized spacial score (nSPS) is 10.7. The van der Waals surface area contributed by atoms with Gasteiger partial charge in [-0.05, 0) is 45.3 Å². The van der Waals surface area contributed by atoms with Crippen LogP contribution in [0.15, 0.2) is 18.2 Å². The number of rotatable bonds is 6. The third-order valence-electron chi connectivity index (χ3n) is 2.78. The largest absolute Gasteiger partial charge is 0.384 e. The molecule has 18 heavy (non-hydrogen) atoms. The molecule has 0 saturated heterocycles. The van der Waals surface area contributed by atoms with Crippen LogP contribution in [0, 0.1) is 5.41 Å². The molecule has 1 rings (SSSR count). The maximum absolute atomic E-state index is 7.39. The molecule has 0 fully saturated rings. The van der Waals surface area contributed by atoms with Crippen LogP contribution in [0.25, 0.3) is 0 Å². The number of nitrogens with one attached hydrogen (secondary N) is 1. The molecule has 0 aliphatic heterocycles. The molecule has 0 aliphatic carbocycles. The number of anilines is 1. The predicted molar refractivity (Wildman–Crippen MR) is 78.9 cm³/mol. The number of nitrogens with zero attached hydrogens (tertiary/aromatic N) is 2. The molecule has 0 atom stereocenters. The van der Waals surface area contributed by atoms with Crippen molar-refractivity contribution in [1.82, 2.24) is 4.90 Å². The molecular formula is C13H21ClN4. The van der Waals surface area contributed by atoms with E-state index in [0.29, 0.717) is 10.6 Å². The van der Waals surface area contributed by atoms with Crippen molar-refractivity contribution in [1.29, 1.82) is 5.41 Å². The Balaban J connectivity index is 2.66. The van der Waals surface area contributed by atoms with Gasteiger partial charge in [-0.25, -0.2) is 0 Å². The van der Waals surface area contributed by atoms with Crippen molar-refractivity contribution in [2.75, 3.05) is 39.1 Å². The van der Waals surface area contributed by atoms with Gasteiger partial charge in [-0.3, -0.25) is 5.41 Å². The van der Waals surface area contributed by atoms with Gasteiger partial charge < -0.3 is 15.5 Å². The van der Waals surface area contributed by atoms with Crippen LogP contribution in [0.5, 0.6) is 0 Å². The van der Waals surface area contributed by atoms with Crippen molar-refractivity contribution in [3.05, 3.63) is 28.8 Å². The molecule has 0 radical (unpaired) electrons. The molecule has 0 saturated carbocycles. The lowest BCUT2D eigenvalue weighted by atomic mass is 10.2. The van der Waals surface area contributed by atoms with E-state index < -0.39 is 0 Å². The second-order valence-electron chi connectivity index (χ2n) is 4.66. The maximum Gasteiger partial charge on any atom is 0.124 e. The Hall–Kier alpha value is -1.26. The van der Waals surface area contributed by atoms with Gasteiger partial charge in [0.05, 0.1) is 5.02 Å². The standard InChI is InChI=1S/C13H21ClN4/c1-17(2)7-4-8-18(3)10-5-6-11(13(15)16)12(14)9-10/h5-6,9H,4,7-8H2,1-3H3,(H3,15,16). The fourth-order valence-corrected chi connectivity index (χ4v) is 1.99. The lowest BCUT2D eigenvalue weighted by molar-refractivity contribution is 0.401. The summed E-state index contributed by atoms with van der Waals surface area (Å²) in [4.78, 5) is 4.32. The zero-order chi connectivity index (χ0) is 13.7. The highest BCUT2D eigenvalue weighted by Crippen LogP contribution is 2.22. The Labute approximate surface area is 114 Å². The summed E-state index contributed by atoms with van der Waals surface area (Å²) in [6.07, 6.45) is 1.09. The summed E-state index contributed by atoms with van der Waals surface area (Å²) in [6.45, 7) is 2.03. The van der Waals surface area contributed by atoms with Crippen LogP contribution in [-0.4, -0.2) is 45.0 Å². The first kappa shape index (κ1) is 14.8. The molecule has 1 aromatic rings. The van der Waals surface area contributed by atoms with E-state index in [9.17, 15) is 0 Å². The second kappa shape index (κ2) is 6.61. The van der Waals surface area contributed by atoms with Crippen LogP contribution in [0.3, 0.4) is 0 Å². The SMILES string of the molecule is CN(C)CCCN(C)c1ccc(C(=N)N)c(Cl)c1. The Morgan fingerprint density at radius 2 is 1.94 bits per heavy atom. The minimum absolute atomic E-state index is 0.00168. The van der Waals surface area contributed by atoms with Gasteiger partial charge in [-0.1, -0.05) is 11.6 Å². The number of amidine groups is 1. The Bertz CT molecular complexity index is 417. The van der Waals surface area contributed by atoms with Crippen LogP contribution in [0.2, 0.25) is 5.02 Å². The monoisotopic (exact) mass is 268 g/mol. The molecule has 100 valence electrons. The Morgan fingerprint density at radius 3 is 2.44 bits per heavy atom. The molecule has 0 spiro atoms. The molecule has 5 heteroatoms.